The third-order valence-corrected chi connectivity index (χ3v) is 2.70. The minimum atomic E-state index is 1.08. The van der Waals surface area contributed by atoms with E-state index in [0.29, 0.717) is 0 Å². The first-order valence-electron chi connectivity index (χ1n) is 3.51. The summed E-state index contributed by atoms with van der Waals surface area (Å²) in [6, 6.07) is 2.21. The Labute approximate surface area is 70.2 Å². The largest absolute Gasteiger partial charge is 0.312 e. The summed E-state index contributed by atoms with van der Waals surface area (Å²) < 4.78 is 0. The fourth-order valence-corrected chi connectivity index (χ4v) is 2.08. The van der Waals surface area contributed by atoms with Gasteiger partial charge in [0.2, 0.25) is 0 Å². The lowest BCUT2D eigenvalue weighted by Crippen LogP contribution is -2.21. The SMILES string of the molecule is C=O.c1cc2c(s1)CCNC2. The van der Waals surface area contributed by atoms with Crippen LogP contribution in [0.25, 0.3) is 0 Å². The van der Waals surface area contributed by atoms with Gasteiger partial charge < -0.3 is 10.1 Å². The Bertz CT molecular complexity index is 201. The van der Waals surface area contributed by atoms with Crippen molar-refractivity contribution in [3.8, 4) is 0 Å². The molecule has 1 aliphatic rings. The monoisotopic (exact) mass is 169 g/mol. The van der Waals surface area contributed by atoms with Crippen LogP contribution in [0.4, 0.5) is 0 Å². The van der Waals surface area contributed by atoms with Crippen molar-refractivity contribution < 1.29 is 4.79 Å². The van der Waals surface area contributed by atoms with Crippen LogP contribution >= 0.6 is 11.3 Å². The third kappa shape index (κ3) is 1.88. The van der Waals surface area contributed by atoms with E-state index in [0.717, 1.165) is 13.1 Å². The summed E-state index contributed by atoms with van der Waals surface area (Å²) in [6.45, 7) is 4.24. The molecule has 0 atom stereocenters. The zero-order valence-corrected chi connectivity index (χ0v) is 7.12. The average Bonchev–Trinajstić information content (AvgIpc) is 2.55. The highest BCUT2D eigenvalue weighted by Crippen LogP contribution is 2.19. The van der Waals surface area contributed by atoms with Crippen molar-refractivity contribution in [2.75, 3.05) is 6.54 Å². The van der Waals surface area contributed by atoms with Gasteiger partial charge in [0.25, 0.3) is 0 Å². The summed E-state index contributed by atoms with van der Waals surface area (Å²) in [7, 11) is 0. The third-order valence-electron chi connectivity index (χ3n) is 1.68. The smallest absolute Gasteiger partial charge is 0.106 e. The molecule has 0 bridgehead atoms. The molecular weight excluding hydrogens is 158 g/mol. The quantitative estimate of drug-likeness (QED) is 0.632. The number of hydrogen-bond acceptors (Lipinski definition) is 3. The first kappa shape index (κ1) is 8.43. The van der Waals surface area contributed by atoms with Crippen LogP contribution in [0.3, 0.4) is 0 Å². The van der Waals surface area contributed by atoms with Gasteiger partial charge in [-0.15, -0.1) is 11.3 Å². The van der Waals surface area contributed by atoms with Crippen LogP contribution < -0.4 is 5.32 Å². The predicted octanol–water partition coefficient (Wildman–Crippen LogP) is 1.21. The number of thiophene rings is 1. The molecule has 0 aromatic carbocycles. The number of nitrogens with one attached hydrogen (secondary N) is 1. The van der Waals surface area contributed by atoms with Gasteiger partial charge in [-0.25, -0.2) is 0 Å². The number of hydrogen-bond donors (Lipinski definition) is 1. The fraction of sp³-hybridized carbons (Fsp3) is 0.375. The first-order valence-corrected chi connectivity index (χ1v) is 4.39. The maximum atomic E-state index is 8.00. The van der Waals surface area contributed by atoms with E-state index in [9.17, 15) is 0 Å². The Hall–Kier alpha value is -0.670. The van der Waals surface area contributed by atoms with Gasteiger partial charge in [-0.3, -0.25) is 0 Å². The molecule has 0 amide bonds. The Morgan fingerprint density at radius 3 is 3.09 bits per heavy atom. The molecule has 0 unspecified atom stereocenters. The Morgan fingerprint density at radius 2 is 2.36 bits per heavy atom. The van der Waals surface area contributed by atoms with Crippen LogP contribution in [0.2, 0.25) is 0 Å². The number of carbonyl (C=O) groups excluding carboxylic acids is 1. The van der Waals surface area contributed by atoms with Gasteiger partial charge in [-0.2, -0.15) is 0 Å². The van der Waals surface area contributed by atoms with Crippen LogP contribution in [-0.4, -0.2) is 13.3 Å². The Morgan fingerprint density at radius 1 is 1.55 bits per heavy atom. The highest BCUT2D eigenvalue weighted by Gasteiger charge is 2.07. The number of rotatable bonds is 0. The summed E-state index contributed by atoms with van der Waals surface area (Å²) in [6.07, 6.45) is 1.23. The lowest BCUT2D eigenvalue weighted by atomic mass is 10.1. The van der Waals surface area contributed by atoms with E-state index in [1.165, 1.54) is 12.0 Å². The van der Waals surface area contributed by atoms with E-state index in [4.69, 9.17) is 4.79 Å². The summed E-state index contributed by atoms with van der Waals surface area (Å²) in [4.78, 5) is 9.58. The molecule has 0 saturated heterocycles. The van der Waals surface area contributed by atoms with E-state index in [-0.39, 0.29) is 0 Å². The number of carbonyl (C=O) groups is 1. The van der Waals surface area contributed by atoms with Gasteiger partial charge in [0.05, 0.1) is 0 Å². The summed E-state index contributed by atoms with van der Waals surface area (Å²) in [5.74, 6) is 0. The zero-order valence-electron chi connectivity index (χ0n) is 6.30. The molecule has 2 heterocycles. The van der Waals surface area contributed by atoms with Crippen LogP contribution in [0.5, 0.6) is 0 Å². The first-order chi connectivity index (χ1) is 5.47. The standard InChI is InChI=1S/C7H9NS.CH2O/c1-3-8-5-6-2-4-9-7(1)6;1-2/h2,4,8H,1,3,5H2;1H2. The van der Waals surface area contributed by atoms with Crippen LogP contribution in [-0.2, 0) is 17.8 Å². The predicted molar refractivity (Wildman–Crippen MR) is 46.9 cm³/mol. The summed E-state index contributed by atoms with van der Waals surface area (Å²) in [5, 5.41) is 5.51. The number of fused-ring (bicyclic) bond motifs is 1. The second-order valence-corrected chi connectivity index (χ2v) is 3.30. The lowest BCUT2D eigenvalue weighted by molar-refractivity contribution is -0.0979. The van der Waals surface area contributed by atoms with Crippen molar-refractivity contribution in [3.63, 3.8) is 0 Å². The fourth-order valence-electron chi connectivity index (χ4n) is 1.17. The molecule has 1 aliphatic heterocycles. The van der Waals surface area contributed by atoms with Gasteiger partial charge in [-0.1, -0.05) is 0 Å². The second kappa shape index (κ2) is 4.26. The van der Waals surface area contributed by atoms with E-state index in [1.807, 2.05) is 18.1 Å². The highest BCUT2D eigenvalue weighted by atomic mass is 32.1. The Balaban J connectivity index is 0.000000281. The van der Waals surface area contributed by atoms with Gasteiger partial charge in [0.1, 0.15) is 6.79 Å². The molecule has 0 aliphatic carbocycles. The molecule has 0 saturated carbocycles. The maximum Gasteiger partial charge on any atom is 0.106 e. The molecule has 0 spiro atoms. The van der Waals surface area contributed by atoms with E-state index >= 15 is 0 Å². The molecule has 1 N–H and O–H groups in total. The van der Waals surface area contributed by atoms with Gasteiger partial charge in [0.15, 0.2) is 0 Å². The van der Waals surface area contributed by atoms with Crippen molar-refractivity contribution in [2.24, 2.45) is 0 Å². The molecule has 0 radical (unpaired) electrons. The highest BCUT2D eigenvalue weighted by molar-refractivity contribution is 7.10. The molecule has 60 valence electrons. The van der Waals surface area contributed by atoms with E-state index < -0.39 is 0 Å². The van der Waals surface area contributed by atoms with Crippen molar-refractivity contribution >= 4 is 18.1 Å². The van der Waals surface area contributed by atoms with Crippen LogP contribution in [0, 0.1) is 0 Å². The van der Waals surface area contributed by atoms with Crippen molar-refractivity contribution in [2.45, 2.75) is 13.0 Å². The summed E-state index contributed by atoms with van der Waals surface area (Å²) in [5.41, 5.74) is 1.51. The lowest BCUT2D eigenvalue weighted by Gasteiger charge is -2.10. The maximum absolute atomic E-state index is 8.00. The van der Waals surface area contributed by atoms with Gasteiger partial charge in [0, 0.05) is 18.0 Å². The van der Waals surface area contributed by atoms with Crippen LogP contribution in [0.1, 0.15) is 10.4 Å². The minimum absolute atomic E-state index is 1.08. The van der Waals surface area contributed by atoms with Crippen molar-refractivity contribution in [1.29, 1.82) is 0 Å². The van der Waals surface area contributed by atoms with Crippen molar-refractivity contribution in [3.05, 3.63) is 21.9 Å². The molecule has 2 rings (SSSR count). The Kier molecular flexibility index (Phi) is 3.26. The minimum Gasteiger partial charge on any atom is -0.312 e. The van der Waals surface area contributed by atoms with E-state index in [1.54, 1.807) is 4.88 Å². The summed E-state index contributed by atoms with van der Waals surface area (Å²) >= 11 is 1.89. The topological polar surface area (TPSA) is 29.1 Å². The zero-order chi connectivity index (χ0) is 8.10. The average molecular weight is 169 g/mol. The van der Waals surface area contributed by atoms with E-state index in [2.05, 4.69) is 16.8 Å². The molecule has 2 nitrogen and oxygen atoms in total. The molecule has 1 aromatic rings. The molecule has 11 heavy (non-hydrogen) atoms. The molecular formula is C8H11NOS. The van der Waals surface area contributed by atoms with Gasteiger partial charge >= 0.3 is 0 Å². The normalized spacial score (nSPS) is 14.5. The molecule has 3 heteroatoms. The van der Waals surface area contributed by atoms with Crippen LogP contribution in [0.15, 0.2) is 11.4 Å². The molecule has 1 aromatic heterocycles. The van der Waals surface area contributed by atoms with Crippen molar-refractivity contribution in [1.82, 2.24) is 5.32 Å². The second-order valence-electron chi connectivity index (χ2n) is 2.30. The van der Waals surface area contributed by atoms with Gasteiger partial charge in [-0.05, 0) is 23.4 Å². The molecule has 0 fully saturated rings.